The van der Waals surface area contributed by atoms with Gasteiger partial charge in [0.2, 0.25) is 0 Å². The lowest BCUT2D eigenvalue weighted by molar-refractivity contribution is 0.0465. The van der Waals surface area contributed by atoms with Crippen molar-refractivity contribution in [3.63, 3.8) is 0 Å². The van der Waals surface area contributed by atoms with Crippen molar-refractivity contribution >= 4 is 17.3 Å². The third-order valence-electron chi connectivity index (χ3n) is 2.81. The van der Waals surface area contributed by atoms with Crippen LogP contribution in [0.25, 0.3) is 5.69 Å². The molecule has 0 saturated heterocycles. The third kappa shape index (κ3) is 2.97. The van der Waals surface area contributed by atoms with Gasteiger partial charge in [-0.05, 0) is 41.6 Å². The van der Waals surface area contributed by atoms with Gasteiger partial charge >= 0.3 is 5.97 Å². The molecule has 0 atom stereocenters. The van der Waals surface area contributed by atoms with Gasteiger partial charge in [0.05, 0.1) is 5.69 Å². The lowest BCUT2D eigenvalue weighted by Gasteiger charge is -2.05. The van der Waals surface area contributed by atoms with E-state index in [2.05, 4.69) is 15.5 Å². The van der Waals surface area contributed by atoms with Gasteiger partial charge in [-0.25, -0.2) is 4.79 Å². The van der Waals surface area contributed by atoms with Crippen molar-refractivity contribution in [1.82, 2.24) is 20.2 Å². The van der Waals surface area contributed by atoms with Crippen molar-refractivity contribution in [2.24, 2.45) is 0 Å². The zero-order chi connectivity index (χ0) is 14.7. The molecule has 3 rings (SSSR count). The van der Waals surface area contributed by atoms with Crippen molar-refractivity contribution < 1.29 is 9.53 Å². The molecule has 7 heteroatoms. The minimum Gasteiger partial charge on any atom is -0.453 e. The number of aromatic nitrogens is 4. The Balaban J connectivity index is 1.72. The molecule has 0 aliphatic carbocycles. The Hall–Kier alpha value is -2.54. The first kappa shape index (κ1) is 13.4. The number of nitrogens with zero attached hydrogens (tertiary/aromatic N) is 4. The van der Waals surface area contributed by atoms with Crippen LogP contribution in [-0.2, 0) is 11.3 Å². The molecule has 0 bridgehead atoms. The maximum atomic E-state index is 11.9. The average Bonchev–Trinajstić information content (AvgIpc) is 3.14. The topological polar surface area (TPSA) is 69.9 Å². The summed E-state index contributed by atoms with van der Waals surface area (Å²) in [5, 5.41) is 11.4. The van der Waals surface area contributed by atoms with Crippen LogP contribution in [0.2, 0.25) is 0 Å². The Bertz CT molecular complexity index is 751. The van der Waals surface area contributed by atoms with E-state index in [1.165, 1.54) is 11.3 Å². The molecule has 2 aromatic heterocycles. The fourth-order valence-corrected chi connectivity index (χ4v) is 2.57. The van der Waals surface area contributed by atoms with E-state index >= 15 is 0 Å². The van der Waals surface area contributed by atoms with Gasteiger partial charge in [-0.15, -0.1) is 16.4 Å². The SMILES string of the molecule is Cc1ccc(C(=O)OCc2nnnn2-c2ccccc2)s1. The molecule has 0 unspecified atom stereocenters. The van der Waals surface area contributed by atoms with Gasteiger partial charge in [0.25, 0.3) is 0 Å². The van der Waals surface area contributed by atoms with E-state index < -0.39 is 0 Å². The molecule has 0 radical (unpaired) electrons. The third-order valence-corrected chi connectivity index (χ3v) is 3.79. The van der Waals surface area contributed by atoms with Crippen LogP contribution in [-0.4, -0.2) is 26.2 Å². The lowest BCUT2D eigenvalue weighted by atomic mass is 10.3. The van der Waals surface area contributed by atoms with Crippen molar-refractivity contribution in [2.75, 3.05) is 0 Å². The molecule has 21 heavy (non-hydrogen) atoms. The lowest BCUT2D eigenvalue weighted by Crippen LogP contribution is -2.09. The predicted octanol–water partition coefficient (Wildman–Crippen LogP) is 2.39. The van der Waals surface area contributed by atoms with E-state index in [0.29, 0.717) is 10.7 Å². The number of hydrogen-bond donors (Lipinski definition) is 0. The van der Waals surface area contributed by atoms with Gasteiger partial charge in [-0.3, -0.25) is 0 Å². The molecule has 0 saturated carbocycles. The highest BCUT2D eigenvalue weighted by Gasteiger charge is 2.13. The molecule has 2 heterocycles. The molecule has 6 nitrogen and oxygen atoms in total. The number of rotatable bonds is 4. The molecule has 0 aliphatic heterocycles. The van der Waals surface area contributed by atoms with E-state index in [0.717, 1.165) is 10.6 Å². The quantitative estimate of drug-likeness (QED) is 0.692. The van der Waals surface area contributed by atoms with Gasteiger partial charge in [0.15, 0.2) is 12.4 Å². The Morgan fingerprint density at radius 2 is 2.05 bits per heavy atom. The van der Waals surface area contributed by atoms with Crippen LogP contribution in [0.1, 0.15) is 20.4 Å². The average molecular weight is 300 g/mol. The normalized spacial score (nSPS) is 10.5. The summed E-state index contributed by atoms with van der Waals surface area (Å²) in [6.45, 7) is 1.97. The van der Waals surface area contributed by atoms with E-state index in [4.69, 9.17) is 4.74 Å². The molecule has 3 aromatic rings. The highest BCUT2D eigenvalue weighted by Crippen LogP contribution is 2.16. The number of benzene rings is 1. The zero-order valence-electron chi connectivity index (χ0n) is 11.3. The molecule has 0 amide bonds. The number of hydrogen-bond acceptors (Lipinski definition) is 6. The molecule has 1 aromatic carbocycles. The van der Waals surface area contributed by atoms with Crippen molar-refractivity contribution in [2.45, 2.75) is 13.5 Å². The minimum absolute atomic E-state index is 0.0255. The fourth-order valence-electron chi connectivity index (χ4n) is 1.81. The van der Waals surface area contributed by atoms with E-state index in [-0.39, 0.29) is 12.6 Å². The minimum atomic E-state index is -0.365. The summed E-state index contributed by atoms with van der Waals surface area (Å²) in [4.78, 5) is 13.6. The van der Waals surface area contributed by atoms with Crippen LogP contribution in [0.5, 0.6) is 0 Å². The molecule has 106 valence electrons. The van der Waals surface area contributed by atoms with Crippen LogP contribution in [0.3, 0.4) is 0 Å². The number of ether oxygens (including phenoxy) is 1. The maximum Gasteiger partial charge on any atom is 0.348 e. The summed E-state index contributed by atoms with van der Waals surface area (Å²) in [6.07, 6.45) is 0. The smallest absolute Gasteiger partial charge is 0.348 e. The second kappa shape index (κ2) is 5.84. The fraction of sp³-hybridized carbons (Fsp3) is 0.143. The zero-order valence-corrected chi connectivity index (χ0v) is 12.1. The first-order valence-electron chi connectivity index (χ1n) is 6.30. The molecular formula is C14H12N4O2S. The van der Waals surface area contributed by atoms with E-state index in [9.17, 15) is 4.79 Å². The second-order valence-electron chi connectivity index (χ2n) is 4.33. The van der Waals surface area contributed by atoms with Crippen LogP contribution in [0, 0.1) is 6.92 Å². The Kier molecular flexibility index (Phi) is 3.74. The molecule has 0 fully saturated rings. The summed E-state index contributed by atoms with van der Waals surface area (Å²) in [5.74, 6) is 0.110. The number of esters is 1. The first-order valence-corrected chi connectivity index (χ1v) is 7.12. The second-order valence-corrected chi connectivity index (χ2v) is 5.62. The summed E-state index contributed by atoms with van der Waals surface area (Å²) >= 11 is 1.40. The van der Waals surface area contributed by atoms with Gasteiger partial charge in [0, 0.05) is 4.88 Å². The largest absolute Gasteiger partial charge is 0.453 e. The molecule has 0 spiro atoms. The molecular weight excluding hydrogens is 288 g/mol. The van der Waals surface area contributed by atoms with E-state index in [1.54, 1.807) is 10.7 Å². The van der Waals surface area contributed by atoms with Crippen LogP contribution in [0.4, 0.5) is 0 Å². The summed E-state index contributed by atoms with van der Waals surface area (Å²) in [5.41, 5.74) is 0.820. The number of aryl methyl sites for hydroxylation is 1. The summed E-state index contributed by atoms with van der Waals surface area (Å²) in [7, 11) is 0. The molecule has 0 aliphatic rings. The predicted molar refractivity (Wildman–Crippen MR) is 77.3 cm³/mol. The monoisotopic (exact) mass is 300 g/mol. The number of tetrazole rings is 1. The number of carbonyl (C=O) groups is 1. The van der Waals surface area contributed by atoms with E-state index in [1.807, 2.05) is 43.3 Å². The van der Waals surface area contributed by atoms with Gasteiger partial charge < -0.3 is 4.74 Å². The summed E-state index contributed by atoms with van der Waals surface area (Å²) < 4.78 is 6.80. The summed E-state index contributed by atoms with van der Waals surface area (Å²) in [6, 6.07) is 13.1. The molecule has 0 N–H and O–H groups in total. The number of thiophene rings is 1. The van der Waals surface area contributed by atoms with Gasteiger partial charge in [0.1, 0.15) is 4.88 Å². The Labute approximate surface area is 125 Å². The first-order chi connectivity index (χ1) is 10.2. The number of para-hydroxylation sites is 1. The maximum absolute atomic E-state index is 11.9. The highest BCUT2D eigenvalue weighted by atomic mass is 32.1. The highest BCUT2D eigenvalue weighted by molar-refractivity contribution is 7.13. The Morgan fingerprint density at radius 3 is 2.76 bits per heavy atom. The Morgan fingerprint density at radius 1 is 1.24 bits per heavy atom. The van der Waals surface area contributed by atoms with Crippen LogP contribution < -0.4 is 0 Å². The van der Waals surface area contributed by atoms with Crippen LogP contribution in [0.15, 0.2) is 42.5 Å². The van der Waals surface area contributed by atoms with Gasteiger partial charge in [-0.2, -0.15) is 4.68 Å². The van der Waals surface area contributed by atoms with Crippen LogP contribution >= 0.6 is 11.3 Å². The van der Waals surface area contributed by atoms with Crippen molar-refractivity contribution in [1.29, 1.82) is 0 Å². The standard InChI is InChI=1S/C14H12N4O2S/c1-10-7-8-12(21-10)14(19)20-9-13-15-16-17-18(13)11-5-3-2-4-6-11/h2-8H,9H2,1H3. The van der Waals surface area contributed by atoms with Gasteiger partial charge in [-0.1, -0.05) is 18.2 Å². The number of carbonyl (C=O) groups excluding carboxylic acids is 1. The van der Waals surface area contributed by atoms with Crippen molar-refractivity contribution in [3.05, 3.63) is 58.0 Å². The van der Waals surface area contributed by atoms with Crippen molar-refractivity contribution in [3.8, 4) is 5.69 Å².